The molecule has 0 aromatic rings. The zero-order valence-corrected chi connectivity index (χ0v) is 19.5. The van der Waals surface area contributed by atoms with E-state index >= 15 is 0 Å². The Morgan fingerprint density at radius 3 is 2.57 bits per heavy atom. The van der Waals surface area contributed by atoms with Crippen molar-refractivity contribution in [2.45, 2.75) is 124 Å². The van der Waals surface area contributed by atoms with E-state index in [1.165, 1.54) is 56.9 Å². The molecular formula is C28H49NO. The molecule has 0 spiro atoms. The summed E-state index contributed by atoms with van der Waals surface area (Å²) in [6.07, 6.45) is 19.3. The van der Waals surface area contributed by atoms with Crippen LogP contribution in [0, 0.1) is 28.6 Å². The fourth-order valence-electron chi connectivity index (χ4n) is 7.91. The minimum absolute atomic E-state index is 0. The highest BCUT2D eigenvalue weighted by molar-refractivity contribution is 5.35. The number of hydrogen-bond acceptors (Lipinski definition) is 2. The second-order valence-corrected chi connectivity index (χ2v) is 11.6. The first kappa shape index (κ1) is 24.1. The maximum Gasteiger partial charge on any atom is 0.0577 e. The van der Waals surface area contributed by atoms with Crippen LogP contribution in [0.25, 0.3) is 0 Å². The molecule has 2 fully saturated rings. The van der Waals surface area contributed by atoms with Crippen molar-refractivity contribution in [3.8, 4) is 0 Å². The molecule has 30 heavy (non-hydrogen) atoms. The predicted octanol–water partition coefficient (Wildman–Crippen LogP) is 7.17. The van der Waals surface area contributed by atoms with Gasteiger partial charge in [0.05, 0.1) is 6.10 Å². The van der Waals surface area contributed by atoms with Gasteiger partial charge in [-0.2, -0.15) is 0 Å². The van der Waals surface area contributed by atoms with Crippen LogP contribution in [0.15, 0.2) is 23.3 Å². The normalized spacial score (nSPS) is 43.5. The summed E-state index contributed by atoms with van der Waals surface area (Å²) in [6, 6.07) is 0. The Morgan fingerprint density at radius 1 is 1.10 bits per heavy atom. The van der Waals surface area contributed by atoms with E-state index in [0.29, 0.717) is 17.3 Å². The molecule has 4 aliphatic rings. The molecule has 7 atom stereocenters. The third-order valence-corrected chi connectivity index (χ3v) is 10.1. The Morgan fingerprint density at radius 2 is 1.83 bits per heavy atom. The molecule has 0 radical (unpaired) electrons. The first-order chi connectivity index (χ1) is 13.7. The molecule has 0 amide bonds. The lowest BCUT2D eigenvalue weighted by atomic mass is 9.44. The van der Waals surface area contributed by atoms with Gasteiger partial charge in [0.15, 0.2) is 0 Å². The molecule has 3 N–H and O–H groups in total. The Bertz CT molecular complexity index is 680. The summed E-state index contributed by atoms with van der Waals surface area (Å²) < 4.78 is 0. The minimum atomic E-state index is -0.136. The van der Waals surface area contributed by atoms with E-state index in [9.17, 15) is 5.11 Å². The van der Waals surface area contributed by atoms with Gasteiger partial charge < -0.3 is 10.8 Å². The molecule has 2 heteroatoms. The molecule has 0 saturated heterocycles. The molecule has 2 unspecified atom stereocenters. The van der Waals surface area contributed by atoms with Gasteiger partial charge in [0.2, 0.25) is 0 Å². The number of unbranched alkanes of at least 4 members (excludes halogenated alkanes) is 1. The van der Waals surface area contributed by atoms with Crippen LogP contribution in [-0.4, -0.2) is 16.7 Å². The van der Waals surface area contributed by atoms with Crippen LogP contribution in [0.2, 0.25) is 0 Å². The summed E-state index contributed by atoms with van der Waals surface area (Å²) in [6.45, 7) is 9.72. The Labute approximate surface area is 186 Å². The van der Waals surface area contributed by atoms with Crippen molar-refractivity contribution in [3.63, 3.8) is 0 Å². The van der Waals surface area contributed by atoms with Crippen LogP contribution in [0.1, 0.15) is 112 Å². The molecule has 172 valence electrons. The van der Waals surface area contributed by atoms with Crippen LogP contribution in [0.4, 0.5) is 0 Å². The van der Waals surface area contributed by atoms with Gasteiger partial charge in [0, 0.05) is 5.54 Å². The monoisotopic (exact) mass is 415 g/mol. The highest BCUT2D eigenvalue weighted by Gasteiger charge is 2.62. The van der Waals surface area contributed by atoms with Gasteiger partial charge in [-0.3, -0.25) is 0 Å². The van der Waals surface area contributed by atoms with Crippen LogP contribution in [0.5, 0.6) is 0 Å². The fraction of sp³-hybridized carbons (Fsp3) is 0.857. The van der Waals surface area contributed by atoms with E-state index in [-0.39, 0.29) is 24.5 Å². The maximum atomic E-state index is 10.2. The number of hydrogen-bond donors (Lipinski definition) is 2. The molecule has 4 rings (SSSR count). The van der Waals surface area contributed by atoms with Crippen molar-refractivity contribution < 1.29 is 5.11 Å². The fourth-order valence-corrected chi connectivity index (χ4v) is 7.91. The van der Waals surface area contributed by atoms with E-state index in [1.54, 1.807) is 5.57 Å². The third kappa shape index (κ3) is 3.75. The lowest BCUT2D eigenvalue weighted by Crippen LogP contribution is -2.65. The SMILES string of the molecule is C.CC[C@H](C)CCCCC1=CCC2[C@]3(N)CC=C4C[C@@H](O)CC[C@]4(C)C3CC[C@]12C. The van der Waals surface area contributed by atoms with Gasteiger partial charge >= 0.3 is 0 Å². The number of rotatable bonds is 6. The number of aliphatic hydroxyl groups is 1. The number of nitrogens with two attached hydrogens (primary N) is 1. The first-order valence-corrected chi connectivity index (χ1v) is 12.6. The van der Waals surface area contributed by atoms with Crippen LogP contribution in [-0.2, 0) is 0 Å². The van der Waals surface area contributed by atoms with Gasteiger partial charge in [-0.1, -0.05) is 77.7 Å². The smallest absolute Gasteiger partial charge is 0.0577 e. The lowest BCUT2D eigenvalue weighted by molar-refractivity contribution is -0.0491. The summed E-state index contributed by atoms with van der Waals surface area (Å²) >= 11 is 0. The highest BCUT2D eigenvalue weighted by Crippen LogP contribution is 2.66. The van der Waals surface area contributed by atoms with Crippen LogP contribution < -0.4 is 5.73 Å². The summed E-state index contributed by atoms with van der Waals surface area (Å²) in [5.74, 6) is 2.05. The summed E-state index contributed by atoms with van der Waals surface area (Å²) in [5, 5.41) is 10.2. The number of allylic oxidation sites excluding steroid dienone is 2. The summed E-state index contributed by atoms with van der Waals surface area (Å²) in [7, 11) is 0. The standard InChI is InChI=1S/C27H45NO.CH4/c1-5-19(2)8-6-7-9-20-10-11-23-25(20,3)16-14-24-26(4)15-13-22(29)18-21(26)12-17-27(23,24)28;/h10,12,19,22-24,29H,5-9,11,13-18,28H2,1-4H3;1H4/t19-,22-,23?,24?,25+,26-,27+;/m0./s1. The van der Waals surface area contributed by atoms with Crippen molar-refractivity contribution in [2.75, 3.05) is 0 Å². The maximum absolute atomic E-state index is 10.2. The van der Waals surface area contributed by atoms with E-state index in [2.05, 4.69) is 39.8 Å². The number of aliphatic hydroxyl groups excluding tert-OH is 1. The van der Waals surface area contributed by atoms with Crippen molar-refractivity contribution in [2.24, 2.45) is 34.3 Å². The van der Waals surface area contributed by atoms with Crippen LogP contribution >= 0.6 is 0 Å². The van der Waals surface area contributed by atoms with Crippen molar-refractivity contribution >= 4 is 0 Å². The molecule has 0 aliphatic heterocycles. The molecule has 0 bridgehead atoms. The van der Waals surface area contributed by atoms with E-state index in [1.807, 2.05) is 0 Å². The highest BCUT2D eigenvalue weighted by atomic mass is 16.3. The molecule has 2 nitrogen and oxygen atoms in total. The summed E-state index contributed by atoms with van der Waals surface area (Å²) in [5.41, 5.74) is 11.1. The van der Waals surface area contributed by atoms with Gasteiger partial charge in [-0.05, 0) is 86.4 Å². The van der Waals surface area contributed by atoms with E-state index < -0.39 is 0 Å². The number of fused-ring (bicyclic) bond motifs is 5. The second-order valence-electron chi connectivity index (χ2n) is 11.6. The Balaban J connectivity index is 0.00000256. The van der Waals surface area contributed by atoms with Gasteiger partial charge in [0.25, 0.3) is 0 Å². The van der Waals surface area contributed by atoms with Crippen molar-refractivity contribution in [3.05, 3.63) is 23.3 Å². The Kier molecular flexibility index (Phi) is 7.00. The Hall–Kier alpha value is -0.600. The molecule has 2 saturated carbocycles. The molecule has 0 heterocycles. The minimum Gasteiger partial charge on any atom is -0.393 e. The van der Waals surface area contributed by atoms with Gasteiger partial charge in [-0.25, -0.2) is 0 Å². The van der Waals surface area contributed by atoms with E-state index in [0.717, 1.165) is 31.6 Å². The first-order valence-electron chi connectivity index (χ1n) is 12.6. The largest absolute Gasteiger partial charge is 0.393 e. The van der Waals surface area contributed by atoms with Crippen molar-refractivity contribution in [1.29, 1.82) is 0 Å². The second kappa shape index (κ2) is 8.74. The van der Waals surface area contributed by atoms with Crippen molar-refractivity contribution in [1.82, 2.24) is 0 Å². The topological polar surface area (TPSA) is 46.2 Å². The molecular weight excluding hydrogens is 366 g/mol. The molecule has 4 aliphatic carbocycles. The molecule has 0 aromatic heterocycles. The average Bonchev–Trinajstić information content (AvgIpc) is 3.03. The quantitative estimate of drug-likeness (QED) is 0.357. The summed E-state index contributed by atoms with van der Waals surface area (Å²) in [4.78, 5) is 0. The van der Waals surface area contributed by atoms with Crippen LogP contribution in [0.3, 0.4) is 0 Å². The average molecular weight is 416 g/mol. The third-order valence-electron chi connectivity index (χ3n) is 10.1. The zero-order chi connectivity index (χ0) is 20.9. The zero-order valence-electron chi connectivity index (χ0n) is 19.5. The van der Waals surface area contributed by atoms with E-state index in [4.69, 9.17) is 5.73 Å². The molecule has 0 aromatic carbocycles. The van der Waals surface area contributed by atoms with Gasteiger partial charge in [0.1, 0.15) is 0 Å². The predicted molar refractivity (Wildman–Crippen MR) is 129 cm³/mol. The van der Waals surface area contributed by atoms with Gasteiger partial charge in [-0.15, -0.1) is 0 Å². The lowest BCUT2D eigenvalue weighted by Gasteiger charge is -2.62.